The number of carboxylic acids is 1. The fourth-order valence-electron chi connectivity index (χ4n) is 2.49. The Morgan fingerprint density at radius 1 is 1.27 bits per heavy atom. The van der Waals surface area contributed by atoms with Crippen molar-refractivity contribution in [3.63, 3.8) is 0 Å². The van der Waals surface area contributed by atoms with Crippen molar-refractivity contribution in [3.8, 4) is 0 Å². The fourth-order valence-corrected chi connectivity index (χ4v) is 2.90. The Balaban J connectivity index is 1.77. The number of hydrogen-bond donors (Lipinski definition) is 2. The van der Waals surface area contributed by atoms with Gasteiger partial charge < -0.3 is 15.3 Å². The molecule has 1 aliphatic rings. The molecular formula is C15H18Cl2N2O3. The summed E-state index contributed by atoms with van der Waals surface area (Å²) in [6, 6.07) is 5.25. The Hall–Kier alpha value is -1.46. The second-order valence-electron chi connectivity index (χ2n) is 5.29. The number of likely N-dealkylation sites (tertiary alicyclic amines) is 1. The zero-order valence-electron chi connectivity index (χ0n) is 12.0. The lowest BCUT2D eigenvalue weighted by molar-refractivity contribution is -0.143. The molecule has 2 N–H and O–H groups in total. The lowest BCUT2D eigenvalue weighted by Crippen LogP contribution is -2.45. The van der Waals surface area contributed by atoms with E-state index < -0.39 is 5.97 Å². The summed E-state index contributed by atoms with van der Waals surface area (Å²) in [5, 5.41) is 12.8. The number of carbonyl (C=O) groups is 2. The van der Waals surface area contributed by atoms with Crippen molar-refractivity contribution >= 4 is 35.2 Å². The first-order chi connectivity index (χ1) is 10.5. The predicted molar refractivity (Wildman–Crippen MR) is 85.5 cm³/mol. The maximum atomic E-state index is 12.0. The van der Waals surface area contributed by atoms with E-state index in [0.29, 0.717) is 48.9 Å². The van der Waals surface area contributed by atoms with Gasteiger partial charge in [-0.1, -0.05) is 35.3 Å². The van der Waals surface area contributed by atoms with Crippen LogP contribution in [0.1, 0.15) is 18.4 Å². The van der Waals surface area contributed by atoms with Crippen molar-refractivity contribution in [2.75, 3.05) is 19.6 Å². The highest BCUT2D eigenvalue weighted by Gasteiger charge is 2.26. The minimum atomic E-state index is -0.782. The van der Waals surface area contributed by atoms with Gasteiger partial charge in [0.25, 0.3) is 0 Å². The predicted octanol–water partition coefficient (Wildman–Crippen LogP) is 3.04. The van der Waals surface area contributed by atoms with Crippen LogP contribution in [0.5, 0.6) is 0 Å². The summed E-state index contributed by atoms with van der Waals surface area (Å²) in [5.74, 6) is -1.12. The quantitative estimate of drug-likeness (QED) is 0.881. The number of aliphatic carboxylic acids is 1. The Morgan fingerprint density at radius 2 is 1.95 bits per heavy atom. The summed E-state index contributed by atoms with van der Waals surface area (Å²) in [7, 11) is 0. The summed E-state index contributed by atoms with van der Waals surface area (Å²) < 4.78 is 0. The molecule has 1 fully saturated rings. The molecule has 1 aromatic carbocycles. The average Bonchev–Trinajstić information content (AvgIpc) is 2.51. The zero-order valence-corrected chi connectivity index (χ0v) is 13.5. The molecule has 2 rings (SSSR count). The Bertz CT molecular complexity index is 558. The summed E-state index contributed by atoms with van der Waals surface area (Å²) in [5.41, 5.74) is 0.888. The second-order valence-corrected chi connectivity index (χ2v) is 6.08. The number of amides is 2. The third-order valence-corrected chi connectivity index (χ3v) is 4.69. The SMILES string of the molecule is O=C(O)C1CCN(C(=O)NCCc2cccc(Cl)c2Cl)CC1. The molecule has 0 aliphatic carbocycles. The van der Waals surface area contributed by atoms with E-state index in [2.05, 4.69) is 5.32 Å². The topological polar surface area (TPSA) is 69.6 Å². The minimum Gasteiger partial charge on any atom is -0.481 e. The molecular weight excluding hydrogens is 327 g/mol. The minimum absolute atomic E-state index is 0.165. The van der Waals surface area contributed by atoms with Crippen LogP contribution in [0.4, 0.5) is 4.79 Å². The van der Waals surface area contributed by atoms with E-state index >= 15 is 0 Å². The molecule has 120 valence electrons. The molecule has 0 unspecified atom stereocenters. The Labute approximate surface area is 139 Å². The normalized spacial score (nSPS) is 15.6. The van der Waals surface area contributed by atoms with Crippen LogP contribution >= 0.6 is 23.2 Å². The van der Waals surface area contributed by atoms with E-state index in [1.54, 1.807) is 11.0 Å². The van der Waals surface area contributed by atoms with Crippen LogP contribution in [0.15, 0.2) is 18.2 Å². The van der Waals surface area contributed by atoms with Crippen LogP contribution < -0.4 is 5.32 Å². The van der Waals surface area contributed by atoms with Crippen molar-refractivity contribution < 1.29 is 14.7 Å². The Morgan fingerprint density at radius 3 is 2.59 bits per heavy atom. The third kappa shape index (κ3) is 4.27. The van der Waals surface area contributed by atoms with Crippen molar-refractivity contribution in [2.45, 2.75) is 19.3 Å². The molecule has 1 saturated heterocycles. The van der Waals surface area contributed by atoms with Gasteiger partial charge in [-0.3, -0.25) is 4.79 Å². The number of piperidine rings is 1. The van der Waals surface area contributed by atoms with Crippen molar-refractivity contribution in [1.82, 2.24) is 10.2 Å². The van der Waals surface area contributed by atoms with E-state index in [-0.39, 0.29) is 11.9 Å². The Kier molecular flexibility index (Phi) is 5.91. The highest BCUT2D eigenvalue weighted by atomic mass is 35.5. The van der Waals surface area contributed by atoms with Gasteiger partial charge in [-0.25, -0.2) is 4.79 Å². The maximum Gasteiger partial charge on any atom is 0.317 e. The van der Waals surface area contributed by atoms with Gasteiger partial charge >= 0.3 is 12.0 Å². The molecule has 22 heavy (non-hydrogen) atoms. The zero-order chi connectivity index (χ0) is 16.1. The van der Waals surface area contributed by atoms with Gasteiger partial charge in [0.2, 0.25) is 0 Å². The lowest BCUT2D eigenvalue weighted by Gasteiger charge is -2.30. The summed E-state index contributed by atoms with van der Waals surface area (Å²) in [6.45, 7) is 1.40. The van der Waals surface area contributed by atoms with Crippen molar-refractivity contribution in [1.29, 1.82) is 0 Å². The number of rotatable bonds is 4. The first kappa shape index (κ1) is 16.9. The number of carbonyl (C=O) groups excluding carboxylic acids is 1. The number of nitrogens with one attached hydrogen (secondary N) is 1. The van der Waals surface area contributed by atoms with Crippen LogP contribution in [-0.2, 0) is 11.2 Å². The molecule has 0 saturated carbocycles. The van der Waals surface area contributed by atoms with Crippen molar-refractivity contribution in [3.05, 3.63) is 33.8 Å². The van der Waals surface area contributed by atoms with Gasteiger partial charge in [-0.2, -0.15) is 0 Å². The molecule has 1 heterocycles. The molecule has 0 aromatic heterocycles. The number of carboxylic acid groups (broad SMARTS) is 1. The van der Waals surface area contributed by atoms with E-state index in [4.69, 9.17) is 28.3 Å². The molecule has 0 atom stereocenters. The first-order valence-corrected chi connectivity index (χ1v) is 7.93. The van der Waals surface area contributed by atoms with Gasteiger partial charge in [-0.15, -0.1) is 0 Å². The second kappa shape index (κ2) is 7.70. The van der Waals surface area contributed by atoms with Crippen LogP contribution in [0.2, 0.25) is 10.0 Å². The first-order valence-electron chi connectivity index (χ1n) is 7.17. The highest BCUT2D eigenvalue weighted by molar-refractivity contribution is 6.42. The number of halogens is 2. The largest absolute Gasteiger partial charge is 0.481 e. The van der Waals surface area contributed by atoms with Crippen LogP contribution in [0.25, 0.3) is 0 Å². The summed E-state index contributed by atoms with van der Waals surface area (Å²) in [6.07, 6.45) is 1.60. The molecule has 1 aromatic rings. The number of nitrogens with zero attached hydrogens (tertiary/aromatic N) is 1. The van der Waals surface area contributed by atoms with Crippen LogP contribution in [0.3, 0.4) is 0 Å². The van der Waals surface area contributed by atoms with Crippen LogP contribution in [0, 0.1) is 5.92 Å². The lowest BCUT2D eigenvalue weighted by atomic mass is 9.97. The van der Waals surface area contributed by atoms with Crippen molar-refractivity contribution in [2.24, 2.45) is 5.92 Å². The van der Waals surface area contributed by atoms with E-state index in [1.165, 1.54) is 0 Å². The van der Waals surface area contributed by atoms with Gasteiger partial charge in [0.05, 0.1) is 16.0 Å². The molecule has 2 amide bonds. The number of benzene rings is 1. The smallest absolute Gasteiger partial charge is 0.317 e. The third-order valence-electron chi connectivity index (χ3n) is 3.83. The van der Waals surface area contributed by atoms with Crippen LogP contribution in [-0.4, -0.2) is 41.6 Å². The van der Waals surface area contributed by atoms with E-state index in [1.807, 2.05) is 12.1 Å². The molecule has 0 spiro atoms. The van der Waals surface area contributed by atoms with Gasteiger partial charge in [0.15, 0.2) is 0 Å². The standard InChI is InChI=1S/C15H18Cl2N2O3/c16-12-3-1-2-10(13(12)17)4-7-18-15(22)19-8-5-11(6-9-19)14(20)21/h1-3,11H,4-9H2,(H,18,22)(H,20,21). The highest BCUT2D eigenvalue weighted by Crippen LogP contribution is 2.25. The van der Waals surface area contributed by atoms with E-state index in [9.17, 15) is 9.59 Å². The molecule has 0 bridgehead atoms. The van der Waals surface area contributed by atoms with E-state index in [0.717, 1.165) is 5.56 Å². The van der Waals surface area contributed by atoms with Gasteiger partial charge in [-0.05, 0) is 30.9 Å². The fraction of sp³-hybridized carbons (Fsp3) is 0.467. The van der Waals surface area contributed by atoms with Gasteiger partial charge in [0, 0.05) is 19.6 Å². The molecule has 1 aliphatic heterocycles. The summed E-state index contributed by atoms with van der Waals surface area (Å²) in [4.78, 5) is 24.6. The monoisotopic (exact) mass is 344 g/mol. The average molecular weight is 345 g/mol. The molecule has 5 nitrogen and oxygen atoms in total. The number of urea groups is 1. The maximum absolute atomic E-state index is 12.0. The number of hydrogen-bond acceptors (Lipinski definition) is 2. The molecule has 0 radical (unpaired) electrons. The van der Waals surface area contributed by atoms with Gasteiger partial charge in [0.1, 0.15) is 0 Å². The summed E-state index contributed by atoms with van der Waals surface area (Å²) >= 11 is 12.0. The molecule has 7 heteroatoms.